The molecule has 3 nitrogen and oxygen atoms in total. The summed E-state index contributed by atoms with van der Waals surface area (Å²) < 4.78 is 5.06. The van der Waals surface area contributed by atoms with Crippen molar-refractivity contribution in [1.29, 1.82) is 0 Å². The van der Waals surface area contributed by atoms with Gasteiger partial charge in [-0.1, -0.05) is 17.7 Å². The summed E-state index contributed by atoms with van der Waals surface area (Å²) in [4.78, 5) is 13.4. The van der Waals surface area contributed by atoms with Gasteiger partial charge in [0.15, 0.2) is 0 Å². The second-order valence-electron chi connectivity index (χ2n) is 2.22. The number of isocyanates is 1. The monoisotopic (exact) mass is 229 g/mol. The van der Waals surface area contributed by atoms with Crippen molar-refractivity contribution in [1.82, 2.24) is 0 Å². The third-order valence-corrected chi connectivity index (χ3v) is 1.79. The first-order valence-electron chi connectivity index (χ1n) is 3.58. The van der Waals surface area contributed by atoms with Gasteiger partial charge in [-0.25, -0.2) is 4.79 Å². The lowest BCUT2D eigenvalue weighted by Crippen LogP contribution is -1.86. The van der Waals surface area contributed by atoms with Crippen LogP contribution in [0.25, 0.3) is 0 Å². The summed E-state index contributed by atoms with van der Waals surface area (Å²) in [6.45, 7) is 0. The third kappa shape index (κ3) is 3.23. The van der Waals surface area contributed by atoms with Crippen molar-refractivity contribution in [3.8, 4) is 5.75 Å². The Morgan fingerprint density at radius 2 is 2.36 bits per heavy atom. The Hall–Kier alpha value is -1.28. The molecule has 0 saturated carbocycles. The summed E-state index contributed by atoms with van der Waals surface area (Å²) in [5, 5.41) is 0.0406. The van der Waals surface area contributed by atoms with Gasteiger partial charge in [-0.2, -0.15) is 4.99 Å². The van der Waals surface area contributed by atoms with E-state index in [9.17, 15) is 4.79 Å². The average molecular weight is 230 g/mol. The molecule has 0 aliphatic carbocycles. The largest absolute Gasteiger partial charge is 0.444 e. The van der Waals surface area contributed by atoms with E-state index in [-0.39, 0.29) is 5.22 Å². The number of hydrogen-bond donors (Lipinski definition) is 0. The zero-order valence-electron chi connectivity index (χ0n) is 6.91. The molecule has 0 saturated heterocycles. The normalized spacial score (nSPS) is 10.6. The Kier molecular flexibility index (Phi) is 4.20. The van der Waals surface area contributed by atoms with Crippen LogP contribution in [0.15, 0.2) is 40.0 Å². The highest BCUT2D eigenvalue weighted by atomic mass is 35.5. The van der Waals surface area contributed by atoms with E-state index in [1.54, 1.807) is 18.2 Å². The SMILES string of the molecule is O=C=Nc1cccc(OC(Cl)=CCl)c1. The van der Waals surface area contributed by atoms with Gasteiger partial charge in [0, 0.05) is 6.07 Å². The number of benzene rings is 1. The summed E-state index contributed by atoms with van der Waals surface area (Å²) in [6, 6.07) is 6.50. The quantitative estimate of drug-likeness (QED) is 0.453. The second kappa shape index (κ2) is 5.45. The van der Waals surface area contributed by atoms with Crippen LogP contribution in [0.5, 0.6) is 5.75 Å². The van der Waals surface area contributed by atoms with Gasteiger partial charge in [0.25, 0.3) is 0 Å². The van der Waals surface area contributed by atoms with Gasteiger partial charge in [0.1, 0.15) is 5.75 Å². The van der Waals surface area contributed by atoms with E-state index >= 15 is 0 Å². The number of carbonyl (C=O) groups excluding carboxylic acids is 1. The molecule has 72 valence electrons. The van der Waals surface area contributed by atoms with Crippen LogP contribution in [0, 0.1) is 0 Å². The van der Waals surface area contributed by atoms with Gasteiger partial charge in [-0.05, 0) is 23.7 Å². The molecule has 0 aliphatic heterocycles. The Bertz CT molecular complexity index is 398. The number of aliphatic imine (C=N–C) groups is 1. The van der Waals surface area contributed by atoms with Crippen molar-refractivity contribution >= 4 is 35.0 Å². The maximum absolute atomic E-state index is 9.97. The Morgan fingerprint density at radius 3 is 3.00 bits per heavy atom. The molecule has 0 radical (unpaired) electrons. The lowest BCUT2D eigenvalue weighted by molar-refractivity contribution is 0.464. The van der Waals surface area contributed by atoms with Crippen LogP contribution in [-0.4, -0.2) is 6.08 Å². The van der Waals surface area contributed by atoms with E-state index in [2.05, 4.69) is 4.99 Å². The van der Waals surface area contributed by atoms with Gasteiger partial charge < -0.3 is 4.74 Å². The van der Waals surface area contributed by atoms with E-state index < -0.39 is 0 Å². The van der Waals surface area contributed by atoms with E-state index in [0.717, 1.165) is 5.54 Å². The molecule has 1 rings (SSSR count). The fraction of sp³-hybridized carbons (Fsp3) is 0. The third-order valence-electron chi connectivity index (χ3n) is 1.29. The molecule has 0 amide bonds. The summed E-state index contributed by atoms with van der Waals surface area (Å²) in [7, 11) is 0. The standard InChI is InChI=1S/C9H5Cl2NO2/c10-5-9(11)14-8-3-1-2-7(4-8)12-6-13/h1-5H. The van der Waals surface area contributed by atoms with E-state index in [0.29, 0.717) is 11.4 Å². The molecule has 14 heavy (non-hydrogen) atoms. The first-order chi connectivity index (χ1) is 6.76. The molecule has 1 aromatic carbocycles. The summed E-state index contributed by atoms with van der Waals surface area (Å²) in [5.74, 6) is 0.448. The molecule has 0 bridgehead atoms. The molecule has 5 heteroatoms. The van der Waals surface area contributed by atoms with E-state index in [4.69, 9.17) is 27.9 Å². The highest BCUT2D eigenvalue weighted by Crippen LogP contribution is 2.22. The minimum absolute atomic E-state index is 0.0406. The molecule has 0 spiro atoms. The van der Waals surface area contributed by atoms with E-state index in [1.165, 1.54) is 12.1 Å². The number of rotatable bonds is 3. The first-order valence-corrected chi connectivity index (χ1v) is 4.39. The zero-order valence-corrected chi connectivity index (χ0v) is 8.42. The zero-order chi connectivity index (χ0) is 10.4. The highest BCUT2D eigenvalue weighted by Gasteiger charge is 1.97. The fourth-order valence-electron chi connectivity index (χ4n) is 0.804. The smallest absolute Gasteiger partial charge is 0.240 e. The average Bonchev–Trinajstić information content (AvgIpc) is 2.19. The second-order valence-corrected chi connectivity index (χ2v) is 2.81. The van der Waals surface area contributed by atoms with Gasteiger partial charge in [-0.3, -0.25) is 0 Å². The van der Waals surface area contributed by atoms with Crippen LogP contribution >= 0.6 is 23.2 Å². The molecule has 0 atom stereocenters. The Morgan fingerprint density at radius 1 is 1.57 bits per heavy atom. The highest BCUT2D eigenvalue weighted by molar-refractivity contribution is 6.35. The van der Waals surface area contributed by atoms with Crippen LogP contribution < -0.4 is 4.74 Å². The van der Waals surface area contributed by atoms with Crippen LogP contribution in [-0.2, 0) is 4.79 Å². The minimum atomic E-state index is 0.0406. The molecular formula is C9H5Cl2NO2. The molecule has 0 heterocycles. The van der Waals surface area contributed by atoms with Gasteiger partial charge >= 0.3 is 0 Å². The van der Waals surface area contributed by atoms with Crippen molar-refractivity contribution in [3.05, 3.63) is 35.0 Å². The van der Waals surface area contributed by atoms with Crippen molar-refractivity contribution in [2.45, 2.75) is 0 Å². The number of nitrogens with zero attached hydrogens (tertiary/aromatic N) is 1. The lowest BCUT2D eigenvalue weighted by atomic mass is 10.3. The molecule has 0 unspecified atom stereocenters. The summed E-state index contributed by atoms with van der Waals surface area (Å²) in [6.07, 6.45) is 1.42. The van der Waals surface area contributed by atoms with Crippen molar-refractivity contribution in [3.63, 3.8) is 0 Å². The van der Waals surface area contributed by atoms with E-state index in [1.807, 2.05) is 0 Å². The molecule has 0 aliphatic rings. The summed E-state index contributed by atoms with van der Waals surface area (Å²) >= 11 is 10.8. The summed E-state index contributed by atoms with van der Waals surface area (Å²) in [5.41, 5.74) is 1.54. The van der Waals surface area contributed by atoms with Crippen molar-refractivity contribution in [2.24, 2.45) is 4.99 Å². The topological polar surface area (TPSA) is 38.7 Å². The van der Waals surface area contributed by atoms with Crippen LogP contribution in [0.2, 0.25) is 0 Å². The van der Waals surface area contributed by atoms with Crippen molar-refractivity contribution in [2.75, 3.05) is 0 Å². The predicted molar refractivity (Wildman–Crippen MR) is 54.6 cm³/mol. The molecule has 1 aromatic rings. The van der Waals surface area contributed by atoms with Crippen molar-refractivity contribution < 1.29 is 9.53 Å². The Balaban J connectivity index is 2.88. The minimum Gasteiger partial charge on any atom is -0.444 e. The van der Waals surface area contributed by atoms with Gasteiger partial charge in [0.05, 0.1) is 11.2 Å². The van der Waals surface area contributed by atoms with Crippen LogP contribution in [0.3, 0.4) is 0 Å². The van der Waals surface area contributed by atoms with Gasteiger partial charge in [0.2, 0.25) is 11.3 Å². The molecule has 0 N–H and O–H groups in total. The lowest BCUT2D eigenvalue weighted by Gasteiger charge is -2.02. The molecular weight excluding hydrogens is 225 g/mol. The predicted octanol–water partition coefficient (Wildman–Crippen LogP) is 3.31. The van der Waals surface area contributed by atoms with Crippen LogP contribution in [0.4, 0.5) is 5.69 Å². The number of halogens is 2. The first kappa shape index (κ1) is 10.8. The number of ether oxygens (including phenoxy) is 1. The Labute approximate surface area is 90.6 Å². The fourth-order valence-corrected chi connectivity index (χ4v) is 0.938. The van der Waals surface area contributed by atoms with Crippen LogP contribution in [0.1, 0.15) is 0 Å². The molecule has 0 aromatic heterocycles. The molecule has 0 fully saturated rings. The number of hydrogen-bond acceptors (Lipinski definition) is 3. The van der Waals surface area contributed by atoms with Gasteiger partial charge in [-0.15, -0.1) is 0 Å². The maximum Gasteiger partial charge on any atom is 0.240 e. The maximum atomic E-state index is 9.97.